The zero-order chi connectivity index (χ0) is 21.1. The molecule has 2 aromatic rings. The van der Waals surface area contributed by atoms with Crippen LogP contribution in [-0.4, -0.2) is 32.7 Å². The van der Waals surface area contributed by atoms with Crippen molar-refractivity contribution in [1.82, 2.24) is 4.72 Å². The lowest BCUT2D eigenvalue weighted by molar-refractivity contribution is -0.113. The Morgan fingerprint density at radius 3 is 2.60 bits per heavy atom. The molecule has 2 N–H and O–H groups in total. The Morgan fingerprint density at radius 2 is 1.87 bits per heavy atom. The Morgan fingerprint density at radius 1 is 1.13 bits per heavy atom. The Hall–Kier alpha value is -1.90. The second-order valence-corrected chi connectivity index (χ2v) is 11.2. The van der Waals surface area contributed by atoms with Crippen LogP contribution in [0.5, 0.6) is 0 Å². The van der Waals surface area contributed by atoms with Gasteiger partial charge in [-0.1, -0.05) is 6.92 Å². The quantitative estimate of drug-likeness (QED) is 0.707. The largest absolute Gasteiger partial charge is 0.367 e. The van der Waals surface area contributed by atoms with Gasteiger partial charge in [-0.3, -0.25) is 4.79 Å². The number of anilines is 2. The number of nitrogens with zero attached hydrogens (tertiary/aromatic N) is 1. The molecule has 1 aromatic carbocycles. The summed E-state index contributed by atoms with van der Waals surface area (Å²) in [6, 6.07) is 9.75. The first kappa shape index (κ1) is 21.3. The molecule has 1 amide bonds. The highest BCUT2D eigenvalue weighted by Gasteiger charge is 2.25. The van der Waals surface area contributed by atoms with E-state index >= 15 is 0 Å². The zero-order valence-corrected chi connectivity index (χ0v) is 18.9. The van der Waals surface area contributed by atoms with E-state index < -0.39 is 21.7 Å². The second-order valence-electron chi connectivity index (χ2n) is 8.47. The van der Waals surface area contributed by atoms with Gasteiger partial charge in [0.25, 0.3) is 0 Å². The lowest BCUT2D eigenvalue weighted by Crippen LogP contribution is -2.41. The lowest BCUT2D eigenvalue weighted by atomic mass is 9.88. The van der Waals surface area contributed by atoms with E-state index in [1.54, 1.807) is 0 Å². The molecule has 1 aliphatic heterocycles. The van der Waals surface area contributed by atoms with E-state index in [2.05, 4.69) is 33.3 Å². The molecule has 162 valence electrons. The van der Waals surface area contributed by atoms with E-state index in [9.17, 15) is 13.2 Å². The molecule has 1 aliphatic carbocycles. The summed E-state index contributed by atoms with van der Waals surface area (Å²) in [6.07, 6.45) is 4.78. The van der Waals surface area contributed by atoms with Gasteiger partial charge in [0, 0.05) is 35.4 Å². The van der Waals surface area contributed by atoms with Gasteiger partial charge in [-0.15, -0.1) is 11.3 Å². The number of amides is 1. The fourth-order valence-corrected chi connectivity index (χ4v) is 6.40. The molecular weight excluding hydrogens is 418 g/mol. The predicted molar refractivity (Wildman–Crippen MR) is 122 cm³/mol. The highest BCUT2D eigenvalue weighted by Crippen LogP contribution is 2.28. The maximum atomic E-state index is 12.3. The van der Waals surface area contributed by atoms with Crippen molar-refractivity contribution in [1.29, 1.82) is 0 Å². The Balaban J connectivity index is 1.29. The predicted octanol–water partition coefficient (Wildman–Crippen LogP) is 3.75. The summed E-state index contributed by atoms with van der Waals surface area (Å²) >= 11 is 1.82. The topological polar surface area (TPSA) is 78.5 Å². The summed E-state index contributed by atoms with van der Waals surface area (Å²) in [7, 11) is -3.64. The number of fused-ring (bicyclic) bond motifs is 1. The molecule has 1 fully saturated rings. The minimum absolute atomic E-state index is 0.0495. The molecule has 0 unspecified atom stereocenters. The number of carbonyl (C=O) groups excluding carboxylic acids is 1. The van der Waals surface area contributed by atoms with Gasteiger partial charge in [0.2, 0.25) is 15.9 Å². The third-order valence-corrected chi connectivity index (χ3v) is 8.36. The molecule has 1 aromatic heterocycles. The summed E-state index contributed by atoms with van der Waals surface area (Å²) < 4.78 is 27.4. The van der Waals surface area contributed by atoms with Crippen LogP contribution in [0.4, 0.5) is 11.4 Å². The molecule has 0 bridgehead atoms. The van der Waals surface area contributed by atoms with Gasteiger partial charge in [-0.25, -0.2) is 13.1 Å². The molecule has 0 radical (unpaired) electrons. The third kappa shape index (κ3) is 5.42. The first-order valence-corrected chi connectivity index (χ1v) is 13.1. The van der Waals surface area contributed by atoms with Crippen LogP contribution < -0.4 is 14.9 Å². The number of hydrogen-bond acceptors (Lipinski definition) is 5. The molecule has 0 spiro atoms. The van der Waals surface area contributed by atoms with Crippen molar-refractivity contribution < 1.29 is 13.2 Å². The molecule has 0 atom stereocenters. The minimum atomic E-state index is -3.64. The monoisotopic (exact) mass is 447 g/mol. The van der Waals surface area contributed by atoms with Gasteiger partial charge < -0.3 is 10.2 Å². The van der Waals surface area contributed by atoms with Crippen LogP contribution >= 0.6 is 11.3 Å². The zero-order valence-electron chi connectivity index (χ0n) is 17.3. The number of hydrogen-bond donors (Lipinski definition) is 2. The molecule has 8 heteroatoms. The number of carbonyl (C=O) groups is 1. The number of nitrogens with one attached hydrogen (secondary N) is 2. The van der Waals surface area contributed by atoms with Crippen molar-refractivity contribution in [3.63, 3.8) is 0 Å². The van der Waals surface area contributed by atoms with Gasteiger partial charge >= 0.3 is 0 Å². The van der Waals surface area contributed by atoms with Crippen LogP contribution in [0.3, 0.4) is 0 Å². The van der Waals surface area contributed by atoms with Crippen LogP contribution in [0.1, 0.15) is 43.0 Å². The summed E-state index contributed by atoms with van der Waals surface area (Å²) in [4.78, 5) is 16.1. The standard InChI is InChI=1S/C22H29N3O3S2/c1-16-2-4-19(5-3-16)24-30(27,28)15-22(26)23-18-6-8-20(9-7-18)25-12-10-21-17(14-25)11-13-29-21/h6-9,11,13,16,19,24H,2-5,10,12,14-15H2,1H3,(H,23,26). The smallest absolute Gasteiger partial charge is 0.240 e. The summed E-state index contributed by atoms with van der Waals surface area (Å²) in [5.41, 5.74) is 3.10. The van der Waals surface area contributed by atoms with Gasteiger partial charge in [0.05, 0.1) is 0 Å². The average Bonchev–Trinajstić information content (AvgIpc) is 3.17. The van der Waals surface area contributed by atoms with Gasteiger partial charge in [0.1, 0.15) is 5.75 Å². The van der Waals surface area contributed by atoms with Crippen LogP contribution in [-0.2, 0) is 27.8 Å². The Kier molecular flexibility index (Phi) is 6.46. The SMILES string of the molecule is CC1CCC(NS(=O)(=O)CC(=O)Nc2ccc(N3CCc4sccc4C3)cc2)CC1. The average molecular weight is 448 g/mol. The summed E-state index contributed by atoms with van der Waals surface area (Å²) in [6.45, 7) is 4.06. The molecular formula is C22H29N3O3S2. The number of sulfonamides is 1. The van der Waals surface area contributed by atoms with Crippen molar-refractivity contribution in [3.05, 3.63) is 46.2 Å². The maximum Gasteiger partial charge on any atom is 0.240 e. The van der Waals surface area contributed by atoms with E-state index in [-0.39, 0.29) is 6.04 Å². The first-order chi connectivity index (χ1) is 14.4. The molecule has 6 nitrogen and oxygen atoms in total. The van der Waals surface area contributed by atoms with Crippen molar-refractivity contribution in [3.8, 4) is 0 Å². The number of benzene rings is 1. The van der Waals surface area contributed by atoms with E-state index in [1.807, 2.05) is 35.6 Å². The van der Waals surface area contributed by atoms with Crippen LogP contribution in [0.15, 0.2) is 35.7 Å². The molecule has 0 saturated heterocycles. The van der Waals surface area contributed by atoms with E-state index in [4.69, 9.17) is 0 Å². The van der Waals surface area contributed by atoms with E-state index in [0.29, 0.717) is 11.6 Å². The number of thiophene rings is 1. The minimum Gasteiger partial charge on any atom is -0.367 e. The summed E-state index contributed by atoms with van der Waals surface area (Å²) in [5.74, 6) is -0.414. The van der Waals surface area contributed by atoms with Crippen molar-refractivity contribution in [2.24, 2.45) is 5.92 Å². The Bertz CT molecular complexity index is 977. The highest BCUT2D eigenvalue weighted by molar-refractivity contribution is 7.90. The maximum absolute atomic E-state index is 12.3. The van der Waals surface area contributed by atoms with Crippen molar-refractivity contribution in [2.75, 3.05) is 22.5 Å². The lowest BCUT2D eigenvalue weighted by Gasteiger charge is -2.29. The van der Waals surface area contributed by atoms with E-state index in [0.717, 1.165) is 50.9 Å². The fourth-order valence-electron chi connectivity index (χ4n) is 4.27. The van der Waals surface area contributed by atoms with Crippen molar-refractivity contribution >= 4 is 38.6 Å². The van der Waals surface area contributed by atoms with Crippen molar-refractivity contribution in [2.45, 2.75) is 51.6 Å². The number of rotatable bonds is 6. The molecule has 4 rings (SSSR count). The molecule has 2 heterocycles. The third-order valence-electron chi connectivity index (χ3n) is 6.01. The molecule has 30 heavy (non-hydrogen) atoms. The molecule has 1 saturated carbocycles. The van der Waals surface area contributed by atoms with E-state index in [1.165, 1.54) is 10.4 Å². The fraction of sp³-hybridized carbons (Fsp3) is 0.500. The highest BCUT2D eigenvalue weighted by atomic mass is 32.2. The van der Waals surface area contributed by atoms with Gasteiger partial charge in [-0.2, -0.15) is 0 Å². The first-order valence-electron chi connectivity index (χ1n) is 10.6. The Labute approximate surface area is 182 Å². The van der Waals surface area contributed by atoms with Crippen LogP contribution in [0.2, 0.25) is 0 Å². The van der Waals surface area contributed by atoms with Gasteiger partial charge in [0.15, 0.2) is 0 Å². The second kappa shape index (κ2) is 9.08. The molecule has 2 aliphatic rings. The van der Waals surface area contributed by atoms with Crippen LogP contribution in [0.25, 0.3) is 0 Å². The summed E-state index contributed by atoms with van der Waals surface area (Å²) in [5, 5.41) is 4.85. The van der Waals surface area contributed by atoms with Gasteiger partial charge in [-0.05, 0) is 79.3 Å². The van der Waals surface area contributed by atoms with Crippen LogP contribution in [0, 0.1) is 5.92 Å². The normalized spacial score (nSPS) is 21.8.